The molecular formula is C23H30F3N5O3S. The quantitative estimate of drug-likeness (QED) is 0.632. The average Bonchev–Trinajstić information content (AvgIpc) is 3.28. The fraction of sp³-hybridized carbons (Fsp3) is 0.565. The summed E-state index contributed by atoms with van der Waals surface area (Å²) in [5.41, 5.74) is -2.83. The lowest BCUT2D eigenvalue weighted by Gasteiger charge is -2.51. The Bertz CT molecular complexity index is 1230. The first kappa shape index (κ1) is 27.0. The maximum Gasteiger partial charge on any atom is 0.417 e. The molecule has 1 aliphatic rings. The lowest BCUT2D eigenvalue weighted by molar-refractivity contribution is -0.137. The fourth-order valence-electron chi connectivity index (χ4n) is 4.65. The summed E-state index contributed by atoms with van der Waals surface area (Å²) >= 11 is 0. The molecule has 1 fully saturated rings. The highest BCUT2D eigenvalue weighted by Crippen LogP contribution is 2.48. The van der Waals surface area contributed by atoms with Crippen molar-refractivity contribution in [3.05, 3.63) is 47.5 Å². The van der Waals surface area contributed by atoms with Crippen LogP contribution >= 0.6 is 0 Å². The Balaban J connectivity index is 2.02. The standard InChI is InChI=1S/C23H30F3N5O3S/c1-6-31(17-8-7-16(13-27)18(11-17)23(24,25)26)20-12-22(32,10-9-21(20,2)3)19-14-30(15-28-19)35(33,34)29(4)5/h7-8,11,14-15,20,32H,6,9-10,12H2,1-5H3. The summed E-state index contributed by atoms with van der Waals surface area (Å²) in [5, 5.41) is 20.7. The lowest BCUT2D eigenvalue weighted by atomic mass is 9.66. The number of halogens is 3. The van der Waals surface area contributed by atoms with Crippen LogP contribution in [0.15, 0.2) is 30.7 Å². The Labute approximate surface area is 203 Å². The topological polar surface area (TPSA) is 102 Å². The summed E-state index contributed by atoms with van der Waals surface area (Å²) in [6.45, 7) is 6.15. The van der Waals surface area contributed by atoms with Crippen molar-refractivity contribution in [3.8, 4) is 6.07 Å². The van der Waals surface area contributed by atoms with Crippen LogP contribution in [0.4, 0.5) is 18.9 Å². The third-order valence-corrected chi connectivity index (χ3v) is 8.51. The van der Waals surface area contributed by atoms with Crippen LogP contribution in [0.1, 0.15) is 56.9 Å². The van der Waals surface area contributed by atoms with E-state index in [-0.39, 0.29) is 17.5 Å². The van der Waals surface area contributed by atoms with Crippen molar-refractivity contribution < 1.29 is 26.7 Å². The van der Waals surface area contributed by atoms with Gasteiger partial charge in [-0.15, -0.1) is 0 Å². The van der Waals surface area contributed by atoms with Gasteiger partial charge < -0.3 is 10.0 Å². The van der Waals surface area contributed by atoms with Gasteiger partial charge in [-0.3, -0.25) is 0 Å². The average molecular weight is 514 g/mol. The molecule has 1 aromatic heterocycles. The minimum atomic E-state index is -4.69. The molecule has 3 rings (SSSR count). The van der Waals surface area contributed by atoms with Crippen LogP contribution in [0, 0.1) is 16.7 Å². The summed E-state index contributed by atoms with van der Waals surface area (Å²) in [6.07, 6.45) is -1.30. The first-order valence-corrected chi connectivity index (χ1v) is 12.5. The van der Waals surface area contributed by atoms with E-state index in [1.54, 1.807) is 11.0 Å². The Morgan fingerprint density at radius 1 is 1.29 bits per heavy atom. The number of benzene rings is 1. The number of anilines is 1. The van der Waals surface area contributed by atoms with Crippen molar-refractivity contribution in [3.63, 3.8) is 0 Å². The third-order valence-electron chi connectivity index (χ3n) is 6.86. The van der Waals surface area contributed by atoms with Crippen molar-refractivity contribution in [2.75, 3.05) is 25.5 Å². The molecule has 1 N–H and O–H groups in total. The molecule has 1 aromatic carbocycles. The number of hydrogen-bond acceptors (Lipinski definition) is 6. The largest absolute Gasteiger partial charge is 0.417 e. The van der Waals surface area contributed by atoms with E-state index in [2.05, 4.69) is 4.98 Å². The molecule has 2 aromatic rings. The molecule has 1 aliphatic carbocycles. The molecule has 1 heterocycles. The van der Waals surface area contributed by atoms with Gasteiger partial charge in [-0.05, 0) is 43.4 Å². The molecule has 192 valence electrons. The van der Waals surface area contributed by atoms with E-state index >= 15 is 0 Å². The Kier molecular flexibility index (Phi) is 7.02. The Morgan fingerprint density at radius 2 is 1.94 bits per heavy atom. The molecule has 1 saturated carbocycles. The van der Waals surface area contributed by atoms with Gasteiger partial charge in [0.25, 0.3) is 0 Å². The van der Waals surface area contributed by atoms with Crippen LogP contribution in [0.3, 0.4) is 0 Å². The zero-order valence-electron chi connectivity index (χ0n) is 20.3. The first-order valence-electron chi connectivity index (χ1n) is 11.1. The highest BCUT2D eigenvalue weighted by molar-refractivity contribution is 7.87. The summed E-state index contributed by atoms with van der Waals surface area (Å²) in [7, 11) is -1.05. The van der Waals surface area contributed by atoms with E-state index in [0.717, 1.165) is 26.7 Å². The third kappa shape index (κ3) is 5.03. The maximum atomic E-state index is 13.6. The van der Waals surface area contributed by atoms with Crippen LogP contribution in [0.2, 0.25) is 0 Å². The molecule has 35 heavy (non-hydrogen) atoms. The minimum absolute atomic E-state index is 0.133. The summed E-state index contributed by atoms with van der Waals surface area (Å²) in [4.78, 5) is 5.97. The SMILES string of the molecule is CCN(c1ccc(C#N)c(C(F)(F)F)c1)C1CC(O)(c2cn(S(=O)(=O)N(C)C)cn2)CCC1(C)C. The van der Waals surface area contributed by atoms with Gasteiger partial charge in [0.2, 0.25) is 0 Å². The minimum Gasteiger partial charge on any atom is -0.383 e. The van der Waals surface area contributed by atoms with Gasteiger partial charge in [-0.1, -0.05) is 13.8 Å². The first-order chi connectivity index (χ1) is 16.1. The van der Waals surface area contributed by atoms with Gasteiger partial charge in [0, 0.05) is 45.0 Å². The van der Waals surface area contributed by atoms with Crippen molar-refractivity contribution >= 4 is 15.9 Å². The molecular weight excluding hydrogens is 483 g/mol. The Hall–Kier alpha value is -2.62. The van der Waals surface area contributed by atoms with E-state index < -0.39 is 39.2 Å². The van der Waals surface area contributed by atoms with E-state index in [4.69, 9.17) is 5.26 Å². The van der Waals surface area contributed by atoms with Gasteiger partial charge in [0.15, 0.2) is 0 Å². The number of alkyl halides is 3. The van der Waals surface area contributed by atoms with Crippen LogP contribution in [-0.4, -0.2) is 53.5 Å². The molecule has 0 aliphatic heterocycles. The van der Waals surface area contributed by atoms with Gasteiger partial charge in [0.05, 0.1) is 22.9 Å². The van der Waals surface area contributed by atoms with Crippen LogP contribution in [0.5, 0.6) is 0 Å². The second-order valence-electron chi connectivity index (χ2n) is 9.74. The fourth-order valence-corrected chi connectivity index (χ4v) is 5.42. The van der Waals surface area contributed by atoms with Crippen molar-refractivity contribution in [1.29, 1.82) is 5.26 Å². The highest BCUT2D eigenvalue weighted by Gasteiger charge is 2.48. The molecule has 2 unspecified atom stereocenters. The maximum absolute atomic E-state index is 13.6. The molecule has 2 atom stereocenters. The number of aliphatic hydroxyl groups is 1. The lowest BCUT2D eigenvalue weighted by Crippen LogP contribution is -2.53. The molecule has 0 spiro atoms. The van der Waals surface area contributed by atoms with Gasteiger partial charge in [-0.2, -0.15) is 31.2 Å². The Morgan fingerprint density at radius 3 is 2.49 bits per heavy atom. The summed E-state index contributed by atoms with van der Waals surface area (Å²) < 4.78 is 67.7. The van der Waals surface area contributed by atoms with Gasteiger partial charge >= 0.3 is 16.4 Å². The number of aromatic nitrogens is 2. The van der Waals surface area contributed by atoms with Gasteiger partial charge in [0.1, 0.15) is 11.9 Å². The summed E-state index contributed by atoms with van der Waals surface area (Å²) in [6, 6.07) is 4.83. The second kappa shape index (κ2) is 9.11. The molecule has 8 nitrogen and oxygen atoms in total. The smallest absolute Gasteiger partial charge is 0.383 e. The van der Waals surface area contributed by atoms with E-state index in [1.165, 1.54) is 26.4 Å². The molecule has 0 saturated heterocycles. The zero-order chi connectivity index (χ0) is 26.4. The highest BCUT2D eigenvalue weighted by atomic mass is 32.2. The molecule has 12 heteroatoms. The van der Waals surface area contributed by atoms with Crippen molar-refractivity contribution in [2.24, 2.45) is 5.41 Å². The number of nitrogens with zero attached hydrogens (tertiary/aromatic N) is 5. The predicted molar refractivity (Wildman–Crippen MR) is 125 cm³/mol. The van der Waals surface area contributed by atoms with Crippen molar-refractivity contribution in [1.82, 2.24) is 13.3 Å². The molecule has 0 bridgehead atoms. The number of hydrogen-bond donors (Lipinski definition) is 1. The van der Waals surface area contributed by atoms with Crippen LogP contribution in [-0.2, 0) is 22.0 Å². The zero-order valence-corrected chi connectivity index (χ0v) is 21.2. The number of rotatable bonds is 6. The van der Waals surface area contributed by atoms with E-state index in [1.807, 2.05) is 20.8 Å². The van der Waals surface area contributed by atoms with E-state index in [9.17, 15) is 26.7 Å². The molecule has 0 radical (unpaired) electrons. The normalized spacial score (nSPS) is 22.7. The van der Waals surface area contributed by atoms with Crippen molar-refractivity contribution in [2.45, 2.75) is 57.9 Å². The van der Waals surface area contributed by atoms with Crippen LogP contribution < -0.4 is 4.90 Å². The second-order valence-corrected chi connectivity index (χ2v) is 11.8. The summed E-state index contributed by atoms with van der Waals surface area (Å²) in [5.74, 6) is 0. The number of imidazole rings is 1. The molecule has 0 amide bonds. The predicted octanol–water partition coefficient (Wildman–Crippen LogP) is 3.72. The van der Waals surface area contributed by atoms with E-state index in [0.29, 0.717) is 25.1 Å². The number of nitriles is 1. The van der Waals surface area contributed by atoms with Crippen LogP contribution in [0.25, 0.3) is 0 Å². The van der Waals surface area contributed by atoms with Gasteiger partial charge in [-0.25, -0.2) is 8.96 Å². The monoisotopic (exact) mass is 513 g/mol.